The maximum atomic E-state index is 4.22. The third-order valence-electron chi connectivity index (χ3n) is 2.75. The second kappa shape index (κ2) is 3.56. The number of aromatic nitrogens is 3. The second-order valence-electron chi connectivity index (χ2n) is 3.93. The van der Waals surface area contributed by atoms with E-state index in [1.807, 2.05) is 0 Å². The molecule has 0 fully saturated rings. The zero-order valence-corrected chi connectivity index (χ0v) is 9.09. The minimum Gasteiger partial charge on any atom is -0.304 e. The lowest BCUT2D eigenvalue weighted by Gasteiger charge is -2.10. The first-order valence-corrected chi connectivity index (χ1v) is 5.35. The van der Waals surface area contributed by atoms with Gasteiger partial charge in [-0.15, -0.1) is 10.2 Å². The lowest BCUT2D eigenvalue weighted by molar-refractivity contribution is 0.693. The largest absolute Gasteiger partial charge is 0.304 e. The molecule has 0 unspecified atom stereocenters. The highest BCUT2D eigenvalue weighted by molar-refractivity contribution is 5.76. The van der Waals surface area contributed by atoms with E-state index in [-0.39, 0.29) is 0 Å². The molecule has 2 heterocycles. The SMILES string of the molecule is Cc1ccc(-c2nnc3n2CCN=C3)cc1. The van der Waals surface area contributed by atoms with Gasteiger partial charge < -0.3 is 4.57 Å². The van der Waals surface area contributed by atoms with Gasteiger partial charge in [0, 0.05) is 12.1 Å². The monoisotopic (exact) mass is 212 g/mol. The topological polar surface area (TPSA) is 43.1 Å². The summed E-state index contributed by atoms with van der Waals surface area (Å²) in [4.78, 5) is 4.19. The van der Waals surface area contributed by atoms with Crippen molar-refractivity contribution in [3.8, 4) is 11.4 Å². The van der Waals surface area contributed by atoms with E-state index in [0.717, 1.165) is 30.3 Å². The predicted molar refractivity (Wildman–Crippen MR) is 62.7 cm³/mol. The number of fused-ring (bicyclic) bond motifs is 1. The molecule has 4 nitrogen and oxygen atoms in total. The molecular formula is C12H12N4. The Labute approximate surface area is 93.7 Å². The van der Waals surface area contributed by atoms with E-state index in [2.05, 4.69) is 50.9 Å². The molecule has 3 rings (SSSR count). The van der Waals surface area contributed by atoms with E-state index in [9.17, 15) is 0 Å². The van der Waals surface area contributed by atoms with Gasteiger partial charge in [-0.05, 0) is 6.92 Å². The van der Waals surface area contributed by atoms with E-state index >= 15 is 0 Å². The molecule has 1 aliphatic rings. The van der Waals surface area contributed by atoms with Crippen LogP contribution in [0.5, 0.6) is 0 Å². The van der Waals surface area contributed by atoms with Crippen molar-refractivity contribution in [1.82, 2.24) is 14.8 Å². The highest BCUT2D eigenvalue weighted by Gasteiger charge is 2.13. The Balaban J connectivity index is 2.10. The van der Waals surface area contributed by atoms with Crippen LogP contribution >= 0.6 is 0 Å². The van der Waals surface area contributed by atoms with Crippen LogP contribution < -0.4 is 0 Å². The zero-order valence-electron chi connectivity index (χ0n) is 9.09. The first-order chi connectivity index (χ1) is 7.84. The molecule has 0 saturated heterocycles. The Morgan fingerprint density at radius 2 is 1.94 bits per heavy atom. The molecule has 0 amide bonds. The molecular weight excluding hydrogens is 200 g/mol. The highest BCUT2D eigenvalue weighted by Crippen LogP contribution is 2.19. The van der Waals surface area contributed by atoms with Crippen molar-refractivity contribution >= 4 is 6.21 Å². The van der Waals surface area contributed by atoms with E-state index in [1.165, 1.54) is 5.56 Å². The number of rotatable bonds is 1. The summed E-state index contributed by atoms with van der Waals surface area (Å²) in [5, 5.41) is 8.34. The van der Waals surface area contributed by atoms with Crippen molar-refractivity contribution in [1.29, 1.82) is 0 Å². The van der Waals surface area contributed by atoms with Crippen LogP contribution in [0.15, 0.2) is 29.3 Å². The third-order valence-corrected chi connectivity index (χ3v) is 2.75. The molecule has 0 atom stereocenters. The number of hydrogen-bond acceptors (Lipinski definition) is 3. The second-order valence-corrected chi connectivity index (χ2v) is 3.93. The molecule has 0 radical (unpaired) electrons. The summed E-state index contributed by atoms with van der Waals surface area (Å²) in [6.45, 7) is 3.75. The zero-order chi connectivity index (χ0) is 11.0. The average Bonchev–Trinajstić information content (AvgIpc) is 2.74. The normalized spacial score (nSPS) is 13.8. The quantitative estimate of drug-likeness (QED) is 0.722. The van der Waals surface area contributed by atoms with Crippen LogP contribution in [0, 0.1) is 6.92 Å². The van der Waals surface area contributed by atoms with E-state index in [4.69, 9.17) is 0 Å². The Bertz CT molecular complexity index is 537. The standard InChI is InChI=1S/C12H12N4/c1-9-2-4-10(5-3-9)12-15-14-11-8-13-6-7-16(11)12/h2-5,8H,6-7H2,1H3. The smallest absolute Gasteiger partial charge is 0.175 e. The first-order valence-electron chi connectivity index (χ1n) is 5.35. The molecule has 80 valence electrons. The average molecular weight is 212 g/mol. The van der Waals surface area contributed by atoms with Crippen LogP contribution in [0.25, 0.3) is 11.4 Å². The fraction of sp³-hybridized carbons (Fsp3) is 0.250. The minimum atomic E-state index is 0.809. The van der Waals surface area contributed by atoms with Crippen LogP contribution in [0.1, 0.15) is 11.4 Å². The molecule has 4 heteroatoms. The van der Waals surface area contributed by atoms with Crippen molar-refractivity contribution in [2.45, 2.75) is 13.5 Å². The maximum Gasteiger partial charge on any atom is 0.175 e. The molecule has 2 aromatic rings. The van der Waals surface area contributed by atoms with Crippen LogP contribution in [0.4, 0.5) is 0 Å². The summed E-state index contributed by atoms with van der Waals surface area (Å²) in [5.74, 6) is 1.78. The Hall–Kier alpha value is -1.97. The van der Waals surface area contributed by atoms with Gasteiger partial charge >= 0.3 is 0 Å². The maximum absolute atomic E-state index is 4.22. The van der Waals surface area contributed by atoms with E-state index in [1.54, 1.807) is 6.21 Å². The van der Waals surface area contributed by atoms with Crippen molar-refractivity contribution < 1.29 is 0 Å². The molecule has 1 aromatic heterocycles. The molecule has 1 aromatic carbocycles. The summed E-state index contributed by atoms with van der Waals surface area (Å²) >= 11 is 0. The lowest BCUT2D eigenvalue weighted by atomic mass is 10.1. The summed E-state index contributed by atoms with van der Waals surface area (Å²) in [6.07, 6.45) is 1.79. The molecule has 0 aliphatic carbocycles. The fourth-order valence-corrected chi connectivity index (χ4v) is 1.85. The van der Waals surface area contributed by atoms with Crippen molar-refractivity contribution in [3.63, 3.8) is 0 Å². The Morgan fingerprint density at radius 1 is 1.12 bits per heavy atom. The summed E-state index contributed by atoms with van der Waals surface area (Å²) in [5.41, 5.74) is 2.36. The van der Waals surface area contributed by atoms with Gasteiger partial charge in [0.2, 0.25) is 0 Å². The molecule has 16 heavy (non-hydrogen) atoms. The first kappa shape index (κ1) is 9.27. The van der Waals surface area contributed by atoms with Crippen molar-refractivity contribution in [3.05, 3.63) is 35.7 Å². The number of nitrogens with zero attached hydrogens (tertiary/aromatic N) is 4. The van der Waals surface area contributed by atoms with Crippen LogP contribution in [-0.2, 0) is 6.54 Å². The number of benzene rings is 1. The molecule has 0 N–H and O–H groups in total. The van der Waals surface area contributed by atoms with Gasteiger partial charge in [-0.3, -0.25) is 4.99 Å². The van der Waals surface area contributed by atoms with Gasteiger partial charge in [0.15, 0.2) is 11.6 Å². The van der Waals surface area contributed by atoms with Crippen molar-refractivity contribution in [2.75, 3.05) is 6.54 Å². The molecule has 0 saturated carbocycles. The van der Waals surface area contributed by atoms with Gasteiger partial charge in [0.1, 0.15) is 0 Å². The fourth-order valence-electron chi connectivity index (χ4n) is 1.85. The summed E-state index contributed by atoms with van der Waals surface area (Å²) in [7, 11) is 0. The van der Waals surface area contributed by atoms with Crippen LogP contribution in [-0.4, -0.2) is 27.5 Å². The van der Waals surface area contributed by atoms with E-state index in [0.29, 0.717) is 0 Å². The van der Waals surface area contributed by atoms with Gasteiger partial charge in [0.25, 0.3) is 0 Å². The molecule has 0 bridgehead atoms. The van der Waals surface area contributed by atoms with E-state index < -0.39 is 0 Å². The Kier molecular flexibility index (Phi) is 2.06. The third kappa shape index (κ3) is 1.43. The van der Waals surface area contributed by atoms with Gasteiger partial charge in [0.05, 0.1) is 12.8 Å². The van der Waals surface area contributed by atoms with Crippen molar-refractivity contribution in [2.24, 2.45) is 4.99 Å². The van der Waals surface area contributed by atoms with Crippen LogP contribution in [0.2, 0.25) is 0 Å². The van der Waals surface area contributed by atoms with Gasteiger partial charge in [-0.1, -0.05) is 29.8 Å². The number of aliphatic imine (C=N–C) groups is 1. The molecule has 1 aliphatic heterocycles. The Morgan fingerprint density at radius 3 is 2.75 bits per heavy atom. The number of hydrogen-bond donors (Lipinski definition) is 0. The molecule has 0 spiro atoms. The minimum absolute atomic E-state index is 0.809. The van der Waals surface area contributed by atoms with Gasteiger partial charge in [-0.2, -0.15) is 0 Å². The predicted octanol–water partition coefficient (Wildman–Crippen LogP) is 1.69. The summed E-state index contributed by atoms with van der Waals surface area (Å²) < 4.78 is 2.11. The lowest BCUT2D eigenvalue weighted by Crippen LogP contribution is -2.12. The summed E-state index contributed by atoms with van der Waals surface area (Å²) in [6, 6.07) is 8.35. The number of aryl methyl sites for hydroxylation is 1. The highest BCUT2D eigenvalue weighted by atomic mass is 15.3. The van der Waals surface area contributed by atoms with Crippen LogP contribution in [0.3, 0.4) is 0 Å². The van der Waals surface area contributed by atoms with Gasteiger partial charge in [-0.25, -0.2) is 0 Å².